The summed E-state index contributed by atoms with van der Waals surface area (Å²) in [5.41, 5.74) is 0.885. The Balaban J connectivity index is 0.00000176. The van der Waals surface area contributed by atoms with Gasteiger partial charge in [-0.15, -0.1) is 12.4 Å². The highest BCUT2D eigenvalue weighted by Crippen LogP contribution is 2.29. The highest BCUT2D eigenvalue weighted by atomic mass is 35.5. The molecular weight excluding hydrogens is 309 g/mol. The van der Waals surface area contributed by atoms with Crippen LogP contribution >= 0.6 is 12.4 Å². The number of benzene rings is 1. The molecule has 22 heavy (non-hydrogen) atoms. The summed E-state index contributed by atoms with van der Waals surface area (Å²) in [7, 11) is 1.54. The standard InChI is InChI=1S/C15H20FN3O2.ClH/c1-21-14-8-12(16)2-3-13(14)18-4-6-19(7-5-18)15(20)11-9-17-10-11;/h2-3,8,11,17H,4-7,9-10H2,1H3;1H. The minimum Gasteiger partial charge on any atom is -0.494 e. The monoisotopic (exact) mass is 329 g/mol. The molecule has 0 aliphatic carbocycles. The Morgan fingerprint density at radius 1 is 1.27 bits per heavy atom. The Bertz CT molecular complexity index is 532. The molecule has 1 aromatic rings. The zero-order valence-electron chi connectivity index (χ0n) is 12.5. The van der Waals surface area contributed by atoms with Crippen LogP contribution in [0.4, 0.5) is 10.1 Å². The van der Waals surface area contributed by atoms with Gasteiger partial charge in [0.1, 0.15) is 11.6 Å². The van der Waals surface area contributed by atoms with Crippen molar-refractivity contribution in [1.29, 1.82) is 0 Å². The first kappa shape index (κ1) is 16.8. The molecule has 3 rings (SSSR count). The van der Waals surface area contributed by atoms with Gasteiger partial charge in [-0.25, -0.2) is 4.39 Å². The van der Waals surface area contributed by atoms with Crippen molar-refractivity contribution in [3.05, 3.63) is 24.0 Å². The Morgan fingerprint density at radius 3 is 2.50 bits per heavy atom. The molecule has 0 atom stereocenters. The average Bonchev–Trinajstić information content (AvgIpc) is 2.45. The van der Waals surface area contributed by atoms with E-state index in [1.54, 1.807) is 13.2 Å². The number of nitrogens with zero attached hydrogens (tertiary/aromatic N) is 2. The van der Waals surface area contributed by atoms with E-state index in [-0.39, 0.29) is 30.0 Å². The normalized spacial score (nSPS) is 18.5. The second-order valence-corrected chi connectivity index (χ2v) is 5.48. The zero-order valence-corrected chi connectivity index (χ0v) is 13.4. The first-order valence-corrected chi connectivity index (χ1v) is 7.27. The van der Waals surface area contributed by atoms with Gasteiger partial charge in [-0.05, 0) is 12.1 Å². The number of methoxy groups -OCH3 is 1. The van der Waals surface area contributed by atoms with Crippen LogP contribution in [0.15, 0.2) is 18.2 Å². The fourth-order valence-electron chi connectivity index (χ4n) is 2.80. The molecule has 0 aromatic heterocycles. The van der Waals surface area contributed by atoms with Crippen LogP contribution in [-0.2, 0) is 4.79 Å². The minimum atomic E-state index is -0.304. The Labute approximate surface area is 135 Å². The van der Waals surface area contributed by atoms with Crippen LogP contribution in [-0.4, -0.2) is 57.2 Å². The van der Waals surface area contributed by atoms with E-state index in [1.807, 2.05) is 4.90 Å². The van der Waals surface area contributed by atoms with Crippen LogP contribution in [0.1, 0.15) is 0 Å². The van der Waals surface area contributed by atoms with E-state index in [0.717, 1.165) is 31.9 Å². The lowest BCUT2D eigenvalue weighted by Crippen LogP contribution is -2.56. The summed E-state index contributed by atoms with van der Waals surface area (Å²) in [6.45, 7) is 4.49. The number of halogens is 2. The molecule has 0 bridgehead atoms. The quantitative estimate of drug-likeness (QED) is 0.903. The molecular formula is C15H21ClFN3O2. The van der Waals surface area contributed by atoms with Gasteiger partial charge < -0.3 is 19.9 Å². The molecule has 2 aliphatic heterocycles. The predicted molar refractivity (Wildman–Crippen MR) is 85.4 cm³/mol. The number of amides is 1. The highest BCUT2D eigenvalue weighted by Gasteiger charge is 2.31. The second-order valence-electron chi connectivity index (χ2n) is 5.48. The second kappa shape index (κ2) is 7.15. The van der Waals surface area contributed by atoms with Crippen molar-refractivity contribution >= 4 is 24.0 Å². The maximum Gasteiger partial charge on any atom is 0.228 e. The predicted octanol–water partition coefficient (Wildman–Crippen LogP) is 1.12. The summed E-state index contributed by atoms with van der Waals surface area (Å²) >= 11 is 0. The summed E-state index contributed by atoms with van der Waals surface area (Å²) in [6, 6.07) is 4.57. The lowest BCUT2D eigenvalue weighted by Gasteiger charge is -2.39. The Morgan fingerprint density at radius 2 is 1.95 bits per heavy atom. The van der Waals surface area contributed by atoms with Gasteiger partial charge in [0.2, 0.25) is 5.91 Å². The van der Waals surface area contributed by atoms with Crippen molar-refractivity contribution in [3.8, 4) is 5.75 Å². The molecule has 1 N–H and O–H groups in total. The number of carbonyl (C=O) groups excluding carboxylic acids is 1. The topological polar surface area (TPSA) is 44.8 Å². The third-order valence-corrected chi connectivity index (χ3v) is 4.20. The van der Waals surface area contributed by atoms with Gasteiger partial charge >= 0.3 is 0 Å². The van der Waals surface area contributed by atoms with Gasteiger partial charge in [-0.3, -0.25) is 4.79 Å². The maximum atomic E-state index is 13.2. The number of piperazine rings is 1. The van der Waals surface area contributed by atoms with E-state index in [1.165, 1.54) is 12.1 Å². The van der Waals surface area contributed by atoms with Crippen LogP contribution in [0, 0.1) is 11.7 Å². The molecule has 2 aliphatic rings. The van der Waals surface area contributed by atoms with Crippen LogP contribution in [0.25, 0.3) is 0 Å². The molecule has 2 fully saturated rings. The van der Waals surface area contributed by atoms with E-state index in [9.17, 15) is 9.18 Å². The van der Waals surface area contributed by atoms with Crippen molar-refractivity contribution in [2.45, 2.75) is 0 Å². The highest BCUT2D eigenvalue weighted by molar-refractivity contribution is 5.85. The number of anilines is 1. The van der Waals surface area contributed by atoms with Gasteiger partial charge in [0.15, 0.2) is 0 Å². The van der Waals surface area contributed by atoms with Gasteiger partial charge in [0.05, 0.1) is 18.7 Å². The summed E-state index contributed by atoms with van der Waals surface area (Å²) in [5, 5.41) is 3.13. The average molecular weight is 330 g/mol. The van der Waals surface area contributed by atoms with Gasteiger partial charge in [-0.1, -0.05) is 0 Å². The SMILES string of the molecule is COc1cc(F)ccc1N1CCN(C(=O)C2CNC2)CC1.Cl. The van der Waals surface area contributed by atoms with Crippen LogP contribution < -0.4 is 15.0 Å². The van der Waals surface area contributed by atoms with E-state index >= 15 is 0 Å². The maximum absolute atomic E-state index is 13.2. The van der Waals surface area contributed by atoms with Crippen LogP contribution in [0.3, 0.4) is 0 Å². The van der Waals surface area contributed by atoms with Gasteiger partial charge in [-0.2, -0.15) is 0 Å². The van der Waals surface area contributed by atoms with E-state index in [0.29, 0.717) is 18.8 Å². The molecule has 122 valence electrons. The van der Waals surface area contributed by atoms with E-state index < -0.39 is 0 Å². The molecule has 5 nitrogen and oxygen atoms in total. The van der Waals surface area contributed by atoms with Gasteiger partial charge in [0, 0.05) is 45.3 Å². The Kier molecular flexibility index (Phi) is 5.47. The number of carbonyl (C=O) groups is 1. The van der Waals surface area contributed by atoms with Crippen molar-refractivity contribution in [2.75, 3.05) is 51.3 Å². The molecule has 2 heterocycles. The molecule has 7 heteroatoms. The van der Waals surface area contributed by atoms with Crippen LogP contribution in [0.5, 0.6) is 5.75 Å². The molecule has 2 saturated heterocycles. The fourth-order valence-corrected chi connectivity index (χ4v) is 2.80. The molecule has 0 unspecified atom stereocenters. The molecule has 1 aromatic carbocycles. The Hall–Kier alpha value is -1.53. The van der Waals surface area contributed by atoms with E-state index in [4.69, 9.17) is 4.74 Å². The van der Waals surface area contributed by atoms with Crippen molar-refractivity contribution in [2.24, 2.45) is 5.92 Å². The van der Waals surface area contributed by atoms with Crippen molar-refractivity contribution < 1.29 is 13.9 Å². The molecule has 0 spiro atoms. The minimum absolute atomic E-state index is 0. The molecule has 0 radical (unpaired) electrons. The summed E-state index contributed by atoms with van der Waals surface area (Å²) < 4.78 is 18.5. The lowest BCUT2D eigenvalue weighted by atomic mass is 10.0. The third kappa shape index (κ3) is 3.28. The number of ether oxygens (including phenoxy) is 1. The van der Waals surface area contributed by atoms with Gasteiger partial charge in [0.25, 0.3) is 0 Å². The lowest BCUT2D eigenvalue weighted by molar-refractivity contribution is -0.137. The van der Waals surface area contributed by atoms with E-state index in [2.05, 4.69) is 10.2 Å². The fraction of sp³-hybridized carbons (Fsp3) is 0.533. The summed E-state index contributed by atoms with van der Waals surface area (Å²) in [5.74, 6) is 0.635. The van der Waals surface area contributed by atoms with Crippen molar-refractivity contribution in [3.63, 3.8) is 0 Å². The number of nitrogens with one attached hydrogen (secondary N) is 1. The molecule has 1 amide bonds. The van der Waals surface area contributed by atoms with Crippen LogP contribution in [0.2, 0.25) is 0 Å². The van der Waals surface area contributed by atoms with Crippen molar-refractivity contribution in [1.82, 2.24) is 10.2 Å². The largest absolute Gasteiger partial charge is 0.494 e. The first-order chi connectivity index (χ1) is 10.2. The number of rotatable bonds is 3. The smallest absolute Gasteiger partial charge is 0.228 e. The summed E-state index contributed by atoms with van der Waals surface area (Å²) in [6.07, 6.45) is 0. The summed E-state index contributed by atoms with van der Waals surface area (Å²) in [4.78, 5) is 16.3. The zero-order chi connectivity index (χ0) is 14.8. The molecule has 0 saturated carbocycles. The number of hydrogen-bond donors (Lipinski definition) is 1. The first-order valence-electron chi connectivity index (χ1n) is 7.27. The third-order valence-electron chi connectivity index (χ3n) is 4.20. The number of hydrogen-bond acceptors (Lipinski definition) is 4.